The number of nitrogens with one attached hydrogen (secondary N) is 1. The van der Waals surface area contributed by atoms with Gasteiger partial charge in [0.25, 0.3) is 0 Å². The van der Waals surface area contributed by atoms with Gasteiger partial charge in [-0.1, -0.05) is 17.4 Å². The van der Waals surface area contributed by atoms with Crippen molar-refractivity contribution in [2.75, 3.05) is 18.1 Å². The van der Waals surface area contributed by atoms with Crippen molar-refractivity contribution in [1.29, 1.82) is 0 Å². The second-order valence-electron chi connectivity index (χ2n) is 7.74. The molecule has 0 fully saturated rings. The first-order valence-corrected chi connectivity index (χ1v) is 11.3. The quantitative estimate of drug-likeness (QED) is 0.339. The summed E-state index contributed by atoms with van der Waals surface area (Å²) < 4.78 is 7.97. The first-order chi connectivity index (χ1) is 16.4. The third kappa shape index (κ3) is 3.65. The van der Waals surface area contributed by atoms with Gasteiger partial charge in [0.2, 0.25) is 5.88 Å². The Bertz CT molecular complexity index is 1540. The van der Waals surface area contributed by atoms with Crippen LogP contribution >= 0.6 is 11.3 Å². The number of ether oxygens (including phenoxy) is 1. The molecule has 34 heavy (non-hydrogen) atoms. The molecular weight excluding hydrogens is 452 g/mol. The number of phenolic OH excluding ortho intramolecular Hbond substituents is 1. The van der Waals surface area contributed by atoms with Crippen LogP contribution in [0, 0.1) is 20.8 Å². The van der Waals surface area contributed by atoms with Crippen molar-refractivity contribution < 1.29 is 9.84 Å². The third-order valence-corrected chi connectivity index (χ3v) is 6.33. The van der Waals surface area contributed by atoms with Crippen LogP contribution in [0.1, 0.15) is 16.1 Å². The van der Waals surface area contributed by atoms with Crippen molar-refractivity contribution in [3.63, 3.8) is 0 Å². The molecule has 1 aromatic carbocycles. The van der Waals surface area contributed by atoms with E-state index in [1.807, 2.05) is 26.0 Å². The van der Waals surface area contributed by atoms with E-state index in [-0.39, 0.29) is 17.4 Å². The molecule has 10 nitrogen and oxygen atoms in total. The van der Waals surface area contributed by atoms with Gasteiger partial charge in [0.15, 0.2) is 5.82 Å². The molecule has 0 spiro atoms. The van der Waals surface area contributed by atoms with Crippen LogP contribution in [0.15, 0.2) is 36.7 Å². The lowest BCUT2D eigenvalue weighted by Crippen LogP contribution is -2.05. The van der Waals surface area contributed by atoms with E-state index in [1.54, 1.807) is 43.2 Å². The molecule has 4 N–H and O–H groups in total. The minimum atomic E-state index is 0.128. The Hall–Kier alpha value is -4.25. The lowest BCUT2D eigenvalue weighted by Gasteiger charge is -2.16. The SMILES string of the molecule is CNc1ccn(-c2cc3c(-c4nnc(C)s4)cnc(N)c3c(Oc3c(C)ccc(O)c3C)n2)n1. The molecule has 0 saturated carbocycles. The summed E-state index contributed by atoms with van der Waals surface area (Å²) >= 11 is 1.46. The van der Waals surface area contributed by atoms with Gasteiger partial charge >= 0.3 is 0 Å². The minimum Gasteiger partial charge on any atom is -0.508 e. The molecule has 0 saturated heterocycles. The number of aryl methyl sites for hydroxylation is 2. The van der Waals surface area contributed by atoms with Gasteiger partial charge in [-0.05, 0) is 38.5 Å². The topological polar surface area (TPSA) is 137 Å². The van der Waals surface area contributed by atoms with Crippen molar-refractivity contribution in [1.82, 2.24) is 29.9 Å². The lowest BCUT2D eigenvalue weighted by molar-refractivity contribution is 0.439. The number of nitrogen functional groups attached to an aromatic ring is 1. The molecule has 0 amide bonds. The summed E-state index contributed by atoms with van der Waals surface area (Å²) in [5.41, 5.74) is 8.53. The van der Waals surface area contributed by atoms with Crippen LogP contribution in [0.25, 0.3) is 27.2 Å². The zero-order valence-electron chi connectivity index (χ0n) is 19.0. The fourth-order valence-corrected chi connectivity index (χ4v) is 4.37. The number of hydrogen-bond donors (Lipinski definition) is 3. The van der Waals surface area contributed by atoms with Gasteiger partial charge in [0, 0.05) is 42.0 Å². The fourth-order valence-electron chi connectivity index (χ4n) is 3.66. The Kier molecular flexibility index (Phi) is 5.25. The van der Waals surface area contributed by atoms with Crippen molar-refractivity contribution in [2.45, 2.75) is 20.8 Å². The average Bonchev–Trinajstić information content (AvgIpc) is 3.48. The maximum absolute atomic E-state index is 10.3. The van der Waals surface area contributed by atoms with E-state index in [0.717, 1.165) is 21.5 Å². The largest absolute Gasteiger partial charge is 0.508 e. The predicted octanol–water partition coefficient (Wildman–Crippen LogP) is 4.38. The molecule has 0 atom stereocenters. The smallest absolute Gasteiger partial charge is 0.232 e. The zero-order chi connectivity index (χ0) is 24.0. The minimum absolute atomic E-state index is 0.128. The van der Waals surface area contributed by atoms with Gasteiger partial charge in [0.05, 0.1) is 5.39 Å². The summed E-state index contributed by atoms with van der Waals surface area (Å²) in [5.74, 6) is 2.35. The van der Waals surface area contributed by atoms with Crippen LogP contribution in [0.4, 0.5) is 11.6 Å². The Morgan fingerprint density at radius 3 is 2.68 bits per heavy atom. The highest BCUT2D eigenvalue weighted by Crippen LogP contribution is 2.41. The molecule has 5 rings (SSSR count). The monoisotopic (exact) mass is 474 g/mol. The molecular formula is C23H22N8O2S. The molecule has 4 heterocycles. The summed E-state index contributed by atoms with van der Waals surface area (Å²) in [5, 5.41) is 29.1. The summed E-state index contributed by atoms with van der Waals surface area (Å²) in [6.45, 7) is 5.58. The van der Waals surface area contributed by atoms with Crippen LogP contribution in [0.3, 0.4) is 0 Å². The number of nitrogens with two attached hydrogens (primary N) is 1. The molecule has 172 valence electrons. The summed E-state index contributed by atoms with van der Waals surface area (Å²) in [7, 11) is 1.80. The second-order valence-corrected chi connectivity index (χ2v) is 8.93. The average molecular weight is 475 g/mol. The Balaban J connectivity index is 1.80. The van der Waals surface area contributed by atoms with E-state index in [9.17, 15) is 5.11 Å². The van der Waals surface area contributed by atoms with Gasteiger partial charge < -0.3 is 20.9 Å². The normalized spacial score (nSPS) is 11.2. The Labute approximate surface area is 199 Å². The highest BCUT2D eigenvalue weighted by atomic mass is 32.1. The summed E-state index contributed by atoms with van der Waals surface area (Å²) in [6, 6.07) is 7.13. The van der Waals surface area contributed by atoms with E-state index in [1.165, 1.54) is 11.3 Å². The molecule has 0 bridgehead atoms. The number of phenols is 1. The molecule has 4 aromatic heterocycles. The number of nitrogens with zero attached hydrogens (tertiary/aromatic N) is 6. The molecule has 0 aliphatic heterocycles. The van der Waals surface area contributed by atoms with Gasteiger partial charge in [-0.3, -0.25) is 0 Å². The van der Waals surface area contributed by atoms with Crippen LogP contribution in [-0.2, 0) is 0 Å². The van der Waals surface area contributed by atoms with Crippen LogP contribution in [0.5, 0.6) is 17.4 Å². The first-order valence-electron chi connectivity index (χ1n) is 10.5. The predicted molar refractivity (Wildman–Crippen MR) is 132 cm³/mol. The van der Waals surface area contributed by atoms with Gasteiger partial charge in [-0.15, -0.1) is 15.3 Å². The van der Waals surface area contributed by atoms with E-state index < -0.39 is 0 Å². The maximum Gasteiger partial charge on any atom is 0.232 e. The first kappa shape index (κ1) is 21.6. The van der Waals surface area contributed by atoms with E-state index in [0.29, 0.717) is 33.3 Å². The number of hydrogen-bond acceptors (Lipinski definition) is 10. The van der Waals surface area contributed by atoms with Gasteiger partial charge in [-0.2, -0.15) is 4.98 Å². The standard InChI is InChI=1S/C23H22N8O2S/c1-11-5-6-16(32)12(2)20(11)33-22-19-14(9-18(27-22)31-8-7-17(25-4)30-31)15(10-26-21(19)24)23-29-28-13(3)34-23/h5-10,32H,1-4H3,(H2,24,26)(H,25,30). The molecule has 0 aliphatic rings. The molecule has 0 aliphatic carbocycles. The van der Waals surface area contributed by atoms with Crippen LogP contribution < -0.4 is 15.8 Å². The second kappa shape index (κ2) is 8.27. The Morgan fingerprint density at radius 2 is 1.97 bits per heavy atom. The van der Waals surface area contributed by atoms with E-state index in [4.69, 9.17) is 15.5 Å². The molecule has 11 heteroatoms. The van der Waals surface area contributed by atoms with Crippen molar-refractivity contribution in [2.24, 2.45) is 0 Å². The summed E-state index contributed by atoms with van der Waals surface area (Å²) in [6.07, 6.45) is 3.48. The van der Waals surface area contributed by atoms with E-state index in [2.05, 4.69) is 25.6 Å². The number of aromatic nitrogens is 6. The number of pyridine rings is 2. The molecule has 0 radical (unpaired) electrons. The van der Waals surface area contributed by atoms with Crippen molar-refractivity contribution in [3.05, 3.63) is 52.8 Å². The van der Waals surface area contributed by atoms with Crippen LogP contribution in [0.2, 0.25) is 0 Å². The van der Waals surface area contributed by atoms with Crippen molar-refractivity contribution in [3.8, 4) is 33.8 Å². The zero-order valence-corrected chi connectivity index (χ0v) is 19.8. The highest BCUT2D eigenvalue weighted by Gasteiger charge is 2.21. The highest BCUT2D eigenvalue weighted by molar-refractivity contribution is 7.14. The number of aromatic hydroxyl groups is 1. The summed E-state index contributed by atoms with van der Waals surface area (Å²) in [4.78, 5) is 9.14. The third-order valence-electron chi connectivity index (χ3n) is 5.46. The van der Waals surface area contributed by atoms with Gasteiger partial charge in [-0.25, -0.2) is 9.67 Å². The lowest BCUT2D eigenvalue weighted by atomic mass is 10.1. The number of fused-ring (bicyclic) bond motifs is 1. The van der Waals surface area contributed by atoms with Crippen LogP contribution in [-0.4, -0.2) is 42.1 Å². The fraction of sp³-hybridized carbons (Fsp3) is 0.174. The maximum atomic E-state index is 10.3. The van der Waals surface area contributed by atoms with Gasteiger partial charge in [0.1, 0.15) is 33.1 Å². The Morgan fingerprint density at radius 1 is 1.15 bits per heavy atom. The van der Waals surface area contributed by atoms with Crippen molar-refractivity contribution >= 4 is 33.7 Å². The number of anilines is 2. The van der Waals surface area contributed by atoms with E-state index >= 15 is 0 Å². The number of rotatable bonds is 5. The number of benzene rings is 1. The molecule has 5 aromatic rings. The molecule has 0 unspecified atom stereocenters.